The van der Waals surface area contributed by atoms with E-state index in [0.717, 1.165) is 12.1 Å². The number of nitrogens with zero attached hydrogens (tertiary/aromatic N) is 1. The van der Waals surface area contributed by atoms with Crippen LogP contribution in [0.3, 0.4) is 0 Å². The zero-order chi connectivity index (χ0) is 14.6. The summed E-state index contributed by atoms with van der Waals surface area (Å²) in [6.45, 7) is 1.59. The van der Waals surface area contributed by atoms with Gasteiger partial charge in [0.15, 0.2) is 0 Å². The van der Waals surface area contributed by atoms with E-state index in [2.05, 4.69) is 5.32 Å². The summed E-state index contributed by atoms with van der Waals surface area (Å²) in [6, 6.07) is 4.90. The number of benzene rings is 1. The monoisotopic (exact) mass is 290 g/mol. The van der Waals surface area contributed by atoms with Crippen LogP contribution in [0.5, 0.6) is 0 Å². The van der Waals surface area contributed by atoms with Gasteiger partial charge < -0.3 is 5.32 Å². The highest BCUT2D eigenvalue weighted by molar-refractivity contribution is 6.34. The Balaban J connectivity index is 3.15. The van der Waals surface area contributed by atoms with E-state index in [1.54, 1.807) is 13.0 Å². The zero-order valence-corrected chi connectivity index (χ0v) is 10.6. The number of alkyl halides is 3. The van der Waals surface area contributed by atoms with Gasteiger partial charge in [-0.15, -0.1) is 0 Å². The van der Waals surface area contributed by atoms with E-state index in [1.165, 1.54) is 6.07 Å². The normalized spacial score (nSPS) is 12.6. The molecule has 1 atom stereocenters. The third kappa shape index (κ3) is 3.61. The average Bonchev–Trinajstić information content (AvgIpc) is 2.32. The Morgan fingerprint density at radius 1 is 1.53 bits per heavy atom. The molecule has 1 rings (SSSR count). The molecule has 0 aliphatic heterocycles. The summed E-state index contributed by atoms with van der Waals surface area (Å²) in [5.74, 6) is -1.82. The van der Waals surface area contributed by atoms with Gasteiger partial charge in [0.25, 0.3) is 0 Å². The molecule has 1 aromatic carbocycles. The lowest BCUT2D eigenvalue weighted by Crippen LogP contribution is -2.23. The molecule has 0 aliphatic carbocycles. The Labute approximate surface area is 113 Å². The first kappa shape index (κ1) is 15.3. The van der Waals surface area contributed by atoms with E-state index in [9.17, 15) is 18.0 Å². The van der Waals surface area contributed by atoms with Crippen molar-refractivity contribution in [2.24, 2.45) is 5.92 Å². The second-order valence-corrected chi connectivity index (χ2v) is 4.15. The summed E-state index contributed by atoms with van der Waals surface area (Å²) in [7, 11) is 0. The second-order valence-electron chi connectivity index (χ2n) is 3.74. The number of anilines is 1. The molecule has 1 aromatic rings. The van der Waals surface area contributed by atoms with Gasteiger partial charge in [-0.3, -0.25) is 4.79 Å². The van der Waals surface area contributed by atoms with Gasteiger partial charge in [-0.2, -0.15) is 18.4 Å². The minimum Gasteiger partial charge on any atom is -0.323 e. The third-order valence-electron chi connectivity index (χ3n) is 2.45. The summed E-state index contributed by atoms with van der Waals surface area (Å²) >= 11 is 5.67. The summed E-state index contributed by atoms with van der Waals surface area (Å²) in [6.07, 6.45) is -4.43. The van der Waals surface area contributed by atoms with Crippen LogP contribution in [0.15, 0.2) is 18.2 Å². The Morgan fingerprint density at radius 3 is 2.63 bits per heavy atom. The Hall–Kier alpha value is -1.74. The number of carbonyl (C=O) groups is 1. The van der Waals surface area contributed by atoms with Crippen LogP contribution in [0.2, 0.25) is 5.02 Å². The van der Waals surface area contributed by atoms with Gasteiger partial charge >= 0.3 is 6.18 Å². The maximum Gasteiger partial charge on any atom is 0.418 e. The average molecular weight is 291 g/mol. The van der Waals surface area contributed by atoms with Crippen LogP contribution in [-0.4, -0.2) is 5.91 Å². The first-order chi connectivity index (χ1) is 8.81. The van der Waals surface area contributed by atoms with Crippen LogP contribution in [0.1, 0.15) is 18.9 Å². The van der Waals surface area contributed by atoms with E-state index in [0.29, 0.717) is 0 Å². The quantitative estimate of drug-likeness (QED) is 0.919. The molecule has 0 saturated carbocycles. The highest BCUT2D eigenvalue weighted by Crippen LogP contribution is 2.38. The smallest absolute Gasteiger partial charge is 0.323 e. The van der Waals surface area contributed by atoms with Crippen LogP contribution >= 0.6 is 11.6 Å². The number of amides is 1. The Morgan fingerprint density at radius 2 is 2.16 bits per heavy atom. The molecule has 102 valence electrons. The van der Waals surface area contributed by atoms with Crippen molar-refractivity contribution in [1.82, 2.24) is 0 Å². The van der Waals surface area contributed by atoms with E-state index in [-0.39, 0.29) is 11.4 Å². The number of nitriles is 1. The molecule has 0 radical (unpaired) electrons. The summed E-state index contributed by atoms with van der Waals surface area (Å²) < 4.78 is 38.3. The van der Waals surface area contributed by atoms with Gasteiger partial charge in [-0.25, -0.2) is 0 Å². The minimum absolute atomic E-state index is 0.203. The fourth-order valence-electron chi connectivity index (χ4n) is 1.43. The van der Waals surface area contributed by atoms with Gasteiger partial charge in [-0.05, 0) is 18.6 Å². The van der Waals surface area contributed by atoms with Crippen molar-refractivity contribution >= 4 is 23.2 Å². The maximum absolute atomic E-state index is 12.8. The van der Waals surface area contributed by atoms with Crippen LogP contribution in [-0.2, 0) is 11.0 Å². The topological polar surface area (TPSA) is 52.9 Å². The van der Waals surface area contributed by atoms with Crippen molar-refractivity contribution in [3.05, 3.63) is 28.8 Å². The maximum atomic E-state index is 12.8. The molecular weight excluding hydrogens is 281 g/mol. The van der Waals surface area contributed by atoms with Gasteiger partial charge in [-0.1, -0.05) is 24.6 Å². The Kier molecular flexibility index (Phi) is 4.78. The first-order valence-electron chi connectivity index (χ1n) is 5.37. The fourth-order valence-corrected chi connectivity index (χ4v) is 1.65. The molecule has 0 bridgehead atoms. The van der Waals surface area contributed by atoms with Crippen molar-refractivity contribution in [1.29, 1.82) is 5.26 Å². The molecular formula is C12H10ClF3N2O. The summed E-state index contributed by atoms with van der Waals surface area (Å²) in [5.41, 5.74) is -1.56. The fraction of sp³-hybridized carbons (Fsp3) is 0.333. The number of halogens is 4. The summed E-state index contributed by atoms with van der Waals surface area (Å²) in [5, 5.41) is 10.6. The predicted octanol–water partition coefficient (Wildman–Crippen LogP) is 3.85. The summed E-state index contributed by atoms with van der Waals surface area (Å²) in [4.78, 5) is 11.6. The van der Waals surface area contributed by atoms with Crippen molar-refractivity contribution in [3.63, 3.8) is 0 Å². The highest BCUT2D eigenvalue weighted by Gasteiger charge is 2.35. The second kappa shape index (κ2) is 5.93. The van der Waals surface area contributed by atoms with Gasteiger partial charge in [0.1, 0.15) is 5.92 Å². The molecule has 0 aromatic heterocycles. The lowest BCUT2D eigenvalue weighted by Gasteiger charge is -2.16. The number of rotatable bonds is 3. The first-order valence-corrected chi connectivity index (χ1v) is 5.75. The minimum atomic E-state index is -4.64. The molecule has 7 heteroatoms. The standard InChI is InChI=1S/C12H10ClF3N2O/c1-2-7(6-17)11(19)18-10-8(12(14,15)16)4-3-5-9(10)13/h3-5,7H,2H2,1H3,(H,18,19). The van der Waals surface area contributed by atoms with Gasteiger partial charge in [0.2, 0.25) is 5.91 Å². The van der Waals surface area contributed by atoms with Crippen LogP contribution in [0, 0.1) is 17.2 Å². The van der Waals surface area contributed by atoms with E-state index >= 15 is 0 Å². The van der Waals surface area contributed by atoms with Crippen molar-refractivity contribution in [2.45, 2.75) is 19.5 Å². The lowest BCUT2D eigenvalue weighted by atomic mass is 10.1. The van der Waals surface area contributed by atoms with Crippen molar-refractivity contribution in [2.75, 3.05) is 5.32 Å². The third-order valence-corrected chi connectivity index (χ3v) is 2.76. The lowest BCUT2D eigenvalue weighted by molar-refractivity contribution is -0.137. The van der Waals surface area contributed by atoms with E-state index in [1.807, 2.05) is 0 Å². The van der Waals surface area contributed by atoms with Crippen LogP contribution in [0.4, 0.5) is 18.9 Å². The molecule has 1 N–H and O–H groups in total. The van der Waals surface area contributed by atoms with Crippen LogP contribution in [0.25, 0.3) is 0 Å². The van der Waals surface area contributed by atoms with Gasteiger partial charge in [0, 0.05) is 0 Å². The molecule has 0 heterocycles. The van der Waals surface area contributed by atoms with Crippen molar-refractivity contribution in [3.8, 4) is 6.07 Å². The molecule has 19 heavy (non-hydrogen) atoms. The molecule has 0 saturated heterocycles. The van der Waals surface area contributed by atoms with E-state index < -0.39 is 29.3 Å². The number of carbonyl (C=O) groups excluding carboxylic acids is 1. The molecule has 1 unspecified atom stereocenters. The Bertz CT molecular complexity index is 523. The molecule has 0 aliphatic rings. The largest absolute Gasteiger partial charge is 0.418 e. The molecule has 3 nitrogen and oxygen atoms in total. The van der Waals surface area contributed by atoms with Gasteiger partial charge in [0.05, 0.1) is 22.3 Å². The molecule has 0 fully saturated rings. The van der Waals surface area contributed by atoms with E-state index in [4.69, 9.17) is 16.9 Å². The van der Waals surface area contributed by atoms with Crippen molar-refractivity contribution < 1.29 is 18.0 Å². The zero-order valence-electron chi connectivity index (χ0n) is 9.88. The molecule has 1 amide bonds. The number of hydrogen-bond donors (Lipinski definition) is 1. The highest BCUT2D eigenvalue weighted by atomic mass is 35.5. The number of para-hydroxylation sites is 1. The number of hydrogen-bond acceptors (Lipinski definition) is 2. The SMILES string of the molecule is CCC(C#N)C(=O)Nc1c(Cl)cccc1C(F)(F)F. The molecule has 0 spiro atoms. The number of nitrogens with one attached hydrogen (secondary N) is 1. The predicted molar refractivity (Wildman–Crippen MR) is 64.5 cm³/mol. The van der Waals surface area contributed by atoms with Crippen LogP contribution < -0.4 is 5.32 Å².